The smallest absolute Gasteiger partial charge is 0.225 e. The first-order valence-corrected chi connectivity index (χ1v) is 11.7. The predicted molar refractivity (Wildman–Crippen MR) is 127 cm³/mol. The third kappa shape index (κ3) is 4.66. The zero-order valence-corrected chi connectivity index (χ0v) is 18.4. The molecule has 2 aromatic heterocycles. The van der Waals surface area contributed by atoms with Crippen molar-refractivity contribution < 1.29 is 4.79 Å². The maximum absolute atomic E-state index is 12.9. The van der Waals surface area contributed by atoms with E-state index in [0.717, 1.165) is 49.2 Å². The highest BCUT2D eigenvalue weighted by atomic mass is 16.1. The largest absolute Gasteiger partial charge is 0.372 e. The van der Waals surface area contributed by atoms with E-state index in [9.17, 15) is 4.79 Å². The average Bonchev–Trinajstić information content (AvgIpc) is 2.88. The van der Waals surface area contributed by atoms with E-state index in [1.807, 2.05) is 12.3 Å². The molecular formula is C25H30N6O. The molecule has 0 aliphatic carbocycles. The Bertz CT molecular complexity index is 1060. The van der Waals surface area contributed by atoms with E-state index in [4.69, 9.17) is 0 Å². The minimum Gasteiger partial charge on any atom is -0.372 e. The van der Waals surface area contributed by atoms with Crippen molar-refractivity contribution in [3.8, 4) is 0 Å². The first-order valence-electron chi connectivity index (χ1n) is 11.7. The number of anilines is 2. The second-order valence-corrected chi connectivity index (χ2v) is 8.81. The summed E-state index contributed by atoms with van der Waals surface area (Å²) in [5.41, 5.74) is 4.86. The van der Waals surface area contributed by atoms with Crippen LogP contribution in [0.4, 0.5) is 11.4 Å². The molecule has 2 aliphatic rings. The van der Waals surface area contributed by atoms with Crippen molar-refractivity contribution in [1.29, 1.82) is 0 Å². The number of pyridine rings is 1. The molecular weight excluding hydrogens is 400 g/mol. The molecule has 7 heteroatoms. The minimum atomic E-state index is -0.0195. The molecule has 2 fully saturated rings. The molecule has 4 heterocycles. The lowest BCUT2D eigenvalue weighted by Gasteiger charge is -2.33. The predicted octanol–water partition coefficient (Wildman–Crippen LogP) is 3.55. The van der Waals surface area contributed by atoms with Crippen molar-refractivity contribution in [2.75, 3.05) is 36.0 Å². The van der Waals surface area contributed by atoms with Gasteiger partial charge in [0.1, 0.15) is 5.52 Å². The average molecular weight is 431 g/mol. The summed E-state index contributed by atoms with van der Waals surface area (Å²) < 4.78 is 0. The molecule has 166 valence electrons. The van der Waals surface area contributed by atoms with Gasteiger partial charge in [-0.2, -0.15) is 0 Å². The second-order valence-electron chi connectivity index (χ2n) is 8.81. The van der Waals surface area contributed by atoms with Crippen LogP contribution in [-0.4, -0.2) is 47.0 Å². The van der Waals surface area contributed by atoms with Crippen molar-refractivity contribution in [2.24, 2.45) is 5.92 Å². The summed E-state index contributed by atoms with van der Waals surface area (Å²) in [7, 11) is 0. The Morgan fingerprint density at radius 1 is 0.906 bits per heavy atom. The van der Waals surface area contributed by atoms with E-state index in [0.29, 0.717) is 18.7 Å². The summed E-state index contributed by atoms with van der Waals surface area (Å²) in [5, 5.41) is 3.15. The van der Waals surface area contributed by atoms with Gasteiger partial charge in [-0.25, -0.2) is 9.97 Å². The minimum absolute atomic E-state index is 0.0195. The van der Waals surface area contributed by atoms with Gasteiger partial charge in [-0.3, -0.25) is 9.78 Å². The topological polar surface area (TPSA) is 74.2 Å². The van der Waals surface area contributed by atoms with Crippen LogP contribution >= 0.6 is 0 Å². The summed E-state index contributed by atoms with van der Waals surface area (Å²) in [6.45, 7) is 4.49. The lowest BCUT2D eigenvalue weighted by molar-refractivity contribution is -0.125. The van der Waals surface area contributed by atoms with Crippen molar-refractivity contribution in [1.82, 2.24) is 20.3 Å². The highest BCUT2D eigenvalue weighted by Crippen LogP contribution is 2.25. The first kappa shape index (κ1) is 20.7. The van der Waals surface area contributed by atoms with Gasteiger partial charge >= 0.3 is 0 Å². The second kappa shape index (κ2) is 9.51. The first-order chi connectivity index (χ1) is 15.8. The number of piperidine rings is 2. The summed E-state index contributed by atoms with van der Waals surface area (Å²) >= 11 is 0. The summed E-state index contributed by atoms with van der Waals surface area (Å²) in [4.78, 5) is 30.6. The monoisotopic (exact) mass is 430 g/mol. The van der Waals surface area contributed by atoms with Crippen LogP contribution < -0.4 is 15.1 Å². The summed E-state index contributed by atoms with van der Waals surface area (Å²) in [5.74, 6) is 0.109. The molecule has 0 saturated carbocycles. The van der Waals surface area contributed by atoms with E-state index in [1.54, 1.807) is 12.4 Å². The molecule has 5 rings (SSSR count). The van der Waals surface area contributed by atoms with Crippen LogP contribution in [0.25, 0.3) is 11.2 Å². The number of nitrogens with one attached hydrogen (secondary N) is 1. The Kier molecular flexibility index (Phi) is 6.14. The van der Waals surface area contributed by atoms with Gasteiger partial charge in [0, 0.05) is 50.8 Å². The summed E-state index contributed by atoms with van der Waals surface area (Å²) in [6, 6.07) is 10.7. The van der Waals surface area contributed by atoms with Crippen LogP contribution in [0.15, 0.2) is 48.9 Å². The lowest BCUT2D eigenvalue weighted by Crippen LogP contribution is -2.43. The molecule has 32 heavy (non-hydrogen) atoms. The van der Waals surface area contributed by atoms with Gasteiger partial charge in [-0.05, 0) is 55.9 Å². The Morgan fingerprint density at radius 3 is 2.53 bits per heavy atom. The quantitative estimate of drug-likeness (QED) is 0.667. The third-order valence-electron chi connectivity index (χ3n) is 6.59. The number of rotatable bonds is 5. The molecule has 3 aromatic rings. The summed E-state index contributed by atoms with van der Waals surface area (Å²) in [6.07, 6.45) is 11.0. The fourth-order valence-electron chi connectivity index (χ4n) is 4.76. The van der Waals surface area contributed by atoms with Crippen LogP contribution in [0.3, 0.4) is 0 Å². The standard InChI is InChI=1S/C25H30N6O/c32-25(29-16-19-6-8-21(9-7-19)30-12-2-1-3-13-30)20-5-4-14-31(18-20)22-15-23-24(28-17-22)27-11-10-26-23/h6-11,15,17,20H,1-5,12-14,16,18H2,(H,29,32)/t20-/m1/s1. The molecule has 0 unspecified atom stereocenters. The van der Waals surface area contributed by atoms with Gasteiger partial charge in [0.05, 0.1) is 17.8 Å². The zero-order valence-electron chi connectivity index (χ0n) is 18.4. The van der Waals surface area contributed by atoms with Gasteiger partial charge in [-0.1, -0.05) is 12.1 Å². The Balaban J connectivity index is 1.17. The van der Waals surface area contributed by atoms with Crippen LogP contribution in [0.1, 0.15) is 37.7 Å². The third-order valence-corrected chi connectivity index (χ3v) is 6.59. The Morgan fingerprint density at radius 2 is 1.69 bits per heavy atom. The molecule has 1 N–H and O–H groups in total. The number of hydrogen-bond donors (Lipinski definition) is 1. The van der Waals surface area contributed by atoms with Crippen LogP contribution in [0.2, 0.25) is 0 Å². The normalized spacial score (nSPS) is 19.2. The lowest BCUT2D eigenvalue weighted by atomic mass is 9.96. The van der Waals surface area contributed by atoms with Gasteiger partial charge in [0.15, 0.2) is 5.65 Å². The van der Waals surface area contributed by atoms with E-state index in [2.05, 4.69) is 54.3 Å². The Labute approximate surface area is 188 Å². The number of carbonyl (C=O) groups is 1. The maximum atomic E-state index is 12.9. The van der Waals surface area contributed by atoms with Crippen LogP contribution in [0.5, 0.6) is 0 Å². The highest BCUT2D eigenvalue weighted by Gasteiger charge is 2.26. The molecule has 0 spiro atoms. The van der Waals surface area contributed by atoms with Gasteiger partial charge < -0.3 is 15.1 Å². The van der Waals surface area contributed by atoms with E-state index in [1.165, 1.54) is 24.9 Å². The molecule has 2 saturated heterocycles. The van der Waals surface area contributed by atoms with Gasteiger partial charge in [0.25, 0.3) is 0 Å². The fraction of sp³-hybridized carbons (Fsp3) is 0.440. The number of fused-ring (bicyclic) bond motifs is 1. The number of hydrogen-bond acceptors (Lipinski definition) is 6. The van der Waals surface area contributed by atoms with Gasteiger partial charge in [0.2, 0.25) is 5.91 Å². The maximum Gasteiger partial charge on any atom is 0.225 e. The van der Waals surface area contributed by atoms with Crippen molar-refractivity contribution in [3.05, 3.63) is 54.5 Å². The molecule has 1 atom stereocenters. The van der Waals surface area contributed by atoms with E-state index in [-0.39, 0.29) is 11.8 Å². The van der Waals surface area contributed by atoms with Crippen molar-refractivity contribution in [2.45, 2.75) is 38.6 Å². The Hall–Kier alpha value is -3.22. The SMILES string of the molecule is O=C(NCc1ccc(N2CCCCC2)cc1)[C@@H]1CCCN(c2cnc3nccnc3c2)C1. The number of nitrogens with zero attached hydrogens (tertiary/aromatic N) is 5. The molecule has 2 aliphatic heterocycles. The number of amides is 1. The molecule has 1 aromatic carbocycles. The van der Waals surface area contributed by atoms with E-state index >= 15 is 0 Å². The number of carbonyl (C=O) groups excluding carboxylic acids is 1. The van der Waals surface area contributed by atoms with Crippen LogP contribution in [-0.2, 0) is 11.3 Å². The molecule has 7 nitrogen and oxygen atoms in total. The molecule has 0 bridgehead atoms. The highest BCUT2D eigenvalue weighted by molar-refractivity contribution is 5.80. The zero-order chi connectivity index (χ0) is 21.8. The number of benzene rings is 1. The fourth-order valence-corrected chi connectivity index (χ4v) is 4.76. The van der Waals surface area contributed by atoms with Gasteiger partial charge in [-0.15, -0.1) is 0 Å². The van der Waals surface area contributed by atoms with Crippen molar-refractivity contribution >= 4 is 28.4 Å². The molecule has 1 amide bonds. The number of aromatic nitrogens is 3. The van der Waals surface area contributed by atoms with Crippen molar-refractivity contribution in [3.63, 3.8) is 0 Å². The van der Waals surface area contributed by atoms with E-state index < -0.39 is 0 Å². The molecule has 0 radical (unpaired) electrons. The van der Waals surface area contributed by atoms with Crippen LogP contribution in [0, 0.1) is 5.92 Å².